The summed E-state index contributed by atoms with van der Waals surface area (Å²) in [5, 5.41) is 12.3. The molecular formula is C18H24N2O4. The van der Waals surface area contributed by atoms with Crippen LogP contribution < -0.4 is 10.2 Å². The van der Waals surface area contributed by atoms with E-state index >= 15 is 0 Å². The van der Waals surface area contributed by atoms with Gasteiger partial charge in [0.05, 0.1) is 12.5 Å². The number of ether oxygens (including phenoxy) is 1. The van der Waals surface area contributed by atoms with Crippen molar-refractivity contribution in [2.24, 2.45) is 11.8 Å². The van der Waals surface area contributed by atoms with Crippen molar-refractivity contribution < 1.29 is 19.4 Å². The van der Waals surface area contributed by atoms with Crippen LogP contribution in [0.3, 0.4) is 0 Å². The third-order valence-corrected chi connectivity index (χ3v) is 4.99. The van der Waals surface area contributed by atoms with Crippen LogP contribution in [-0.4, -0.2) is 49.8 Å². The van der Waals surface area contributed by atoms with E-state index in [2.05, 4.69) is 16.3 Å². The summed E-state index contributed by atoms with van der Waals surface area (Å²) in [4.78, 5) is 25.8. The topological polar surface area (TPSA) is 78.9 Å². The highest BCUT2D eigenvalue weighted by Gasteiger charge is 2.30. The van der Waals surface area contributed by atoms with E-state index in [4.69, 9.17) is 4.74 Å². The molecule has 130 valence electrons. The SMILES string of the molecule is O=C(CN1CCc2ccccc21)NCC(C(=O)O)C1CCOCC1. The van der Waals surface area contributed by atoms with Crippen molar-refractivity contribution >= 4 is 17.6 Å². The summed E-state index contributed by atoms with van der Waals surface area (Å²) < 4.78 is 5.29. The van der Waals surface area contributed by atoms with Crippen LogP contribution >= 0.6 is 0 Å². The number of anilines is 1. The summed E-state index contributed by atoms with van der Waals surface area (Å²) in [7, 11) is 0. The van der Waals surface area contributed by atoms with E-state index in [0.29, 0.717) is 13.2 Å². The van der Waals surface area contributed by atoms with Crippen molar-refractivity contribution in [2.45, 2.75) is 19.3 Å². The maximum Gasteiger partial charge on any atom is 0.308 e. The van der Waals surface area contributed by atoms with Gasteiger partial charge >= 0.3 is 5.97 Å². The summed E-state index contributed by atoms with van der Waals surface area (Å²) in [5.41, 5.74) is 2.36. The molecule has 1 amide bonds. The third kappa shape index (κ3) is 3.87. The Bertz CT molecular complexity index is 598. The summed E-state index contributed by atoms with van der Waals surface area (Å²) in [6.07, 6.45) is 2.43. The molecule has 2 N–H and O–H groups in total. The average molecular weight is 332 g/mol. The molecule has 1 fully saturated rings. The number of rotatable bonds is 6. The van der Waals surface area contributed by atoms with Crippen LogP contribution in [0, 0.1) is 11.8 Å². The van der Waals surface area contributed by atoms with E-state index in [1.54, 1.807) is 0 Å². The van der Waals surface area contributed by atoms with Crippen LogP contribution in [0.2, 0.25) is 0 Å². The van der Waals surface area contributed by atoms with Crippen LogP contribution in [0.1, 0.15) is 18.4 Å². The number of carboxylic acid groups (broad SMARTS) is 1. The Labute approximate surface area is 141 Å². The average Bonchev–Trinajstić information content (AvgIpc) is 2.99. The largest absolute Gasteiger partial charge is 0.481 e. The first kappa shape index (κ1) is 16.8. The maximum absolute atomic E-state index is 12.2. The molecule has 24 heavy (non-hydrogen) atoms. The normalized spacial score (nSPS) is 18.9. The lowest BCUT2D eigenvalue weighted by molar-refractivity contribution is -0.144. The van der Waals surface area contributed by atoms with Gasteiger partial charge in [0.2, 0.25) is 5.91 Å². The lowest BCUT2D eigenvalue weighted by Gasteiger charge is -2.28. The number of carbonyl (C=O) groups excluding carboxylic acids is 1. The van der Waals surface area contributed by atoms with Crippen molar-refractivity contribution in [3.05, 3.63) is 29.8 Å². The second-order valence-electron chi connectivity index (χ2n) is 6.50. The number of fused-ring (bicyclic) bond motifs is 1. The summed E-state index contributed by atoms with van der Waals surface area (Å²) in [6, 6.07) is 8.09. The van der Waals surface area contributed by atoms with Gasteiger partial charge in [0.1, 0.15) is 0 Å². The minimum absolute atomic E-state index is 0.0732. The third-order valence-electron chi connectivity index (χ3n) is 4.99. The lowest BCUT2D eigenvalue weighted by Crippen LogP contribution is -2.42. The fourth-order valence-electron chi connectivity index (χ4n) is 3.60. The first-order valence-electron chi connectivity index (χ1n) is 8.55. The van der Waals surface area contributed by atoms with Gasteiger partial charge in [-0.25, -0.2) is 0 Å². The minimum Gasteiger partial charge on any atom is -0.481 e. The molecule has 1 unspecified atom stereocenters. The number of amides is 1. The Balaban J connectivity index is 1.52. The van der Waals surface area contributed by atoms with Crippen LogP contribution in [-0.2, 0) is 20.7 Å². The standard InChI is InChI=1S/C18H24N2O4/c21-17(12-20-8-5-14-3-1-2-4-16(14)20)19-11-15(18(22)23)13-6-9-24-10-7-13/h1-4,13,15H,5-12H2,(H,19,21)(H,22,23). The highest BCUT2D eigenvalue weighted by molar-refractivity contribution is 5.83. The first-order valence-corrected chi connectivity index (χ1v) is 8.55. The molecule has 0 radical (unpaired) electrons. The van der Waals surface area contributed by atoms with Crippen LogP contribution in [0.5, 0.6) is 0 Å². The number of benzene rings is 1. The van der Waals surface area contributed by atoms with Gasteiger partial charge in [-0.15, -0.1) is 0 Å². The molecule has 1 saturated heterocycles. The monoisotopic (exact) mass is 332 g/mol. The van der Waals surface area contributed by atoms with E-state index in [9.17, 15) is 14.7 Å². The highest BCUT2D eigenvalue weighted by Crippen LogP contribution is 2.27. The predicted octanol–water partition coefficient (Wildman–Crippen LogP) is 1.29. The predicted molar refractivity (Wildman–Crippen MR) is 90.0 cm³/mol. The Morgan fingerprint density at radius 1 is 1.29 bits per heavy atom. The number of hydrogen-bond donors (Lipinski definition) is 2. The molecule has 0 spiro atoms. The van der Waals surface area contributed by atoms with Gasteiger partial charge in [-0.05, 0) is 36.8 Å². The summed E-state index contributed by atoms with van der Waals surface area (Å²) >= 11 is 0. The molecule has 2 aliphatic heterocycles. The zero-order valence-corrected chi connectivity index (χ0v) is 13.7. The number of para-hydroxylation sites is 1. The lowest BCUT2D eigenvalue weighted by atomic mass is 9.86. The fraction of sp³-hybridized carbons (Fsp3) is 0.556. The van der Waals surface area contributed by atoms with Gasteiger partial charge in [0.15, 0.2) is 0 Å². The molecule has 2 heterocycles. The Kier molecular flexibility index (Phi) is 5.35. The molecule has 0 bridgehead atoms. The molecular weight excluding hydrogens is 308 g/mol. The number of nitrogens with one attached hydrogen (secondary N) is 1. The quantitative estimate of drug-likeness (QED) is 0.821. The number of nitrogens with zero attached hydrogens (tertiary/aromatic N) is 1. The van der Waals surface area contributed by atoms with E-state index in [1.165, 1.54) is 5.56 Å². The highest BCUT2D eigenvalue weighted by atomic mass is 16.5. The Morgan fingerprint density at radius 3 is 2.79 bits per heavy atom. The van der Waals surface area contributed by atoms with E-state index in [-0.39, 0.29) is 24.9 Å². The number of aliphatic carboxylic acids is 1. The maximum atomic E-state index is 12.2. The van der Waals surface area contributed by atoms with Crippen molar-refractivity contribution in [2.75, 3.05) is 37.7 Å². The zero-order chi connectivity index (χ0) is 16.9. The van der Waals surface area contributed by atoms with Gasteiger partial charge in [-0.3, -0.25) is 9.59 Å². The molecule has 6 heteroatoms. The fourth-order valence-corrected chi connectivity index (χ4v) is 3.60. The van der Waals surface area contributed by atoms with Gasteiger partial charge < -0.3 is 20.1 Å². The number of hydrogen-bond acceptors (Lipinski definition) is 4. The van der Waals surface area contributed by atoms with Gasteiger partial charge in [0.25, 0.3) is 0 Å². The molecule has 0 saturated carbocycles. The smallest absolute Gasteiger partial charge is 0.308 e. The molecule has 2 aliphatic rings. The number of carboxylic acids is 1. The molecule has 1 atom stereocenters. The van der Waals surface area contributed by atoms with E-state index < -0.39 is 11.9 Å². The first-order chi connectivity index (χ1) is 11.6. The molecule has 3 rings (SSSR count). The second-order valence-corrected chi connectivity index (χ2v) is 6.50. The number of carbonyl (C=O) groups is 2. The van der Waals surface area contributed by atoms with E-state index in [0.717, 1.165) is 31.5 Å². The Hall–Kier alpha value is -2.08. The van der Waals surface area contributed by atoms with Gasteiger partial charge in [-0.2, -0.15) is 0 Å². The summed E-state index contributed by atoms with van der Waals surface area (Å²) in [5.74, 6) is -1.42. The van der Waals surface area contributed by atoms with Crippen LogP contribution in [0.25, 0.3) is 0 Å². The van der Waals surface area contributed by atoms with Gasteiger partial charge in [-0.1, -0.05) is 18.2 Å². The zero-order valence-electron chi connectivity index (χ0n) is 13.7. The van der Waals surface area contributed by atoms with Crippen molar-refractivity contribution in [3.8, 4) is 0 Å². The molecule has 6 nitrogen and oxygen atoms in total. The molecule has 1 aromatic carbocycles. The molecule has 0 aromatic heterocycles. The van der Waals surface area contributed by atoms with Crippen LogP contribution in [0.4, 0.5) is 5.69 Å². The second kappa shape index (κ2) is 7.66. The van der Waals surface area contributed by atoms with Crippen molar-refractivity contribution in [1.82, 2.24) is 5.32 Å². The summed E-state index contributed by atoms with van der Waals surface area (Å²) in [6.45, 7) is 2.50. The minimum atomic E-state index is -0.839. The van der Waals surface area contributed by atoms with Gasteiger partial charge in [0, 0.05) is 32.0 Å². The molecule has 0 aliphatic carbocycles. The van der Waals surface area contributed by atoms with Crippen molar-refractivity contribution in [1.29, 1.82) is 0 Å². The van der Waals surface area contributed by atoms with Crippen molar-refractivity contribution in [3.63, 3.8) is 0 Å². The van der Waals surface area contributed by atoms with E-state index in [1.807, 2.05) is 18.2 Å². The Morgan fingerprint density at radius 2 is 2.04 bits per heavy atom. The molecule has 1 aromatic rings. The van der Waals surface area contributed by atoms with Crippen LogP contribution in [0.15, 0.2) is 24.3 Å².